The van der Waals surface area contributed by atoms with Gasteiger partial charge in [0, 0.05) is 24.3 Å². The maximum absolute atomic E-state index is 13.4. The summed E-state index contributed by atoms with van der Waals surface area (Å²) in [5.41, 5.74) is 5.75. The molecule has 0 fully saturated rings. The lowest BCUT2D eigenvalue weighted by atomic mass is 10.2. The molecule has 0 aliphatic heterocycles. The molecule has 2 aromatic carbocycles. The third kappa shape index (κ3) is 6.77. The lowest BCUT2D eigenvalue weighted by Gasteiger charge is -2.21. The molecule has 8 nitrogen and oxygen atoms in total. The number of carbonyl (C=O) groups excluding carboxylic acids is 3. The Hall–Kier alpha value is -3.62. The van der Waals surface area contributed by atoms with Gasteiger partial charge in [-0.1, -0.05) is 12.1 Å². The fraction of sp³-hybridized carbons (Fsp3) is 0.286. The van der Waals surface area contributed by atoms with Gasteiger partial charge in [0.25, 0.3) is 11.8 Å². The van der Waals surface area contributed by atoms with Crippen molar-refractivity contribution >= 4 is 23.5 Å². The molecule has 0 bridgehead atoms. The number of nitrogens with one attached hydrogen (secondary N) is 2. The minimum atomic E-state index is -0.855. The van der Waals surface area contributed by atoms with E-state index in [9.17, 15) is 18.8 Å². The van der Waals surface area contributed by atoms with Crippen LogP contribution < -0.4 is 20.5 Å². The molecular formula is C21H24FN3O5. The molecule has 0 aliphatic carbocycles. The van der Waals surface area contributed by atoms with Crippen LogP contribution in [-0.4, -0.2) is 44.1 Å². The van der Waals surface area contributed by atoms with Crippen molar-refractivity contribution in [3.8, 4) is 5.75 Å². The second-order valence-electron chi connectivity index (χ2n) is 6.10. The summed E-state index contributed by atoms with van der Waals surface area (Å²) in [5.74, 6) is -2.81. The van der Waals surface area contributed by atoms with Crippen molar-refractivity contribution in [3.05, 3.63) is 59.9 Å². The van der Waals surface area contributed by atoms with Crippen LogP contribution >= 0.6 is 0 Å². The average Bonchev–Trinajstić information content (AvgIpc) is 2.76. The maximum Gasteiger partial charge on any atom is 0.344 e. The Morgan fingerprint density at radius 1 is 0.933 bits per heavy atom. The van der Waals surface area contributed by atoms with E-state index < -0.39 is 36.8 Å². The van der Waals surface area contributed by atoms with Gasteiger partial charge in [-0.25, -0.2) is 9.18 Å². The molecule has 0 saturated heterocycles. The second kappa shape index (κ2) is 11.4. The van der Waals surface area contributed by atoms with E-state index in [1.165, 1.54) is 18.2 Å². The predicted octanol–water partition coefficient (Wildman–Crippen LogP) is 2.06. The molecule has 2 amide bonds. The van der Waals surface area contributed by atoms with Gasteiger partial charge >= 0.3 is 5.97 Å². The minimum Gasteiger partial charge on any atom is -0.479 e. The van der Waals surface area contributed by atoms with E-state index in [0.717, 1.165) is 18.8 Å². The van der Waals surface area contributed by atoms with Gasteiger partial charge in [-0.3, -0.25) is 20.4 Å². The Balaban J connectivity index is 1.71. The fourth-order valence-electron chi connectivity index (χ4n) is 2.53. The van der Waals surface area contributed by atoms with E-state index in [0.29, 0.717) is 5.56 Å². The molecule has 9 heteroatoms. The molecule has 0 spiro atoms. The van der Waals surface area contributed by atoms with Crippen LogP contribution in [0, 0.1) is 5.82 Å². The molecule has 0 unspecified atom stereocenters. The van der Waals surface area contributed by atoms with Crippen LogP contribution in [-0.2, 0) is 14.3 Å². The van der Waals surface area contributed by atoms with E-state index in [1.807, 2.05) is 26.0 Å². The van der Waals surface area contributed by atoms with Crippen molar-refractivity contribution in [1.82, 2.24) is 10.9 Å². The van der Waals surface area contributed by atoms with Gasteiger partial charge in [0.05, 0.1) is 0 Å². The van der Waals surface area contributed by atoms with E-state index >= 15 is 0 Å². The summed E-state index contributed by atoms with van der Waals surface area (Å²) in [5, 5.41) is 0. The number of esters is 1. The van der Waals surface area contributed by atoms with Crippen molar-refractivity contribution in [3.63, 3.8) is 0 Å². The molecule has 0 heterocycles. The quantitative estimate of drug-likeness (QED) is 0.479. The van der Waals surface area contributed by atoms with E-state index in [1.54, 1.807) is 18.2 Å². The second-order valence-corrected chi connectivity index (χ2v) is 6.10. The van der Waals surface area contributed by atoms with Gasteiger partial charge in [0.1, 0.15) is 0 Å². The molecule has 0 saturated carbocycles. The van der Waals surface area contributed by atoms with Crippen LogP contribution in [0.25, 0.3) is 0 Å². The van der Waals surface area contributed by atoms with Crippen LogP contribution in [0.15, 0.2) is 48.5 Å². The fourth-order valence-corrected chi connectivity index (χ4v) is 2.53. The monoisotopic (exact) mass is 417 g/mol. The number of amides is 2. The maximum atomic E-state index is 13.4. The number of hydrogen-bond donors (Lipinski definition) is 2. The van der Waals surface area contributed by atoms with Crippen molar-refractivity contribution in [1.29, 1.82) is 0 Å². The van der Waals surface area contributed by atoms with Crippen LogP contribution in [0.2, 0.25) is 0 Å². The number of halogens is 1. The highest BCUT2D eigenvalue weighted by Crippen LogP contribution is 2.15. The van der Waals surface area contributed by atoms with Crippen LogP contribution in [0.3, 0.4) is 0 Å². The summed E-state index contributed by atoms with van der Waals surface area (Å²) >= 11 is 0. The molecule has 0 atom stereocenters. The zero-order valence-electron chi connectivity index (χ0n) is 16.8. The Morgan fingerprint density at radius 2 is 1.60 bits per heavy atom. The third-order valence-corrected chi connectivity index (χ3v) is 4.12. The Bertz CT molecular complexity index is 869. The first-order chi connectivity index (χ1) is 14.4. The Kier molecular flexibility index (Phi) is 8.61. The molecule has 0 aliphatic rings. The number of para-hydroxylation sites is 1. The number of ether oxygens (including phenoxy) is 2. The SMILES string of the molecule is CCN(CC)c1ccc(C(=O)NNC(=O)COC(=O)COc2ccccc2F)cc1. The Labute approximate surface area is 173 Å². The summed E-state index contributed by atoms with van der Waals surface area (Å²) in [6, 6.07) is 12.5. The molecule has 160 valence electrons. The highest BCUT2D eigenvalue weighted by molar-refractivity contribution is 5.95. The summed E-state index contributed by atoms with van der Waals surface area (Å²) in [7, 11) is 0. The van der Waals surface area contributed by atoms with Crippen molar-refractivity contribution in [2.45, 2.75) is 13.8 Å². The van der Waals surface area contributed by atoms with E-state index in [2.05, 4.69) is 15.8 Å². The topological polar surface area (TPSA) is 97.0 Å². The zero-order valence-corrected chi connectivity index (χ0v) is 16.8. The number of nitrogens with zero attached hydrogens (tertiary/aromatic N) is 1. The normalized spacial score (nSPS) is 10.1. The van der Waals surface area contributed by atoms with Gasteiger partial charge in [-0.05, 0) is 50.2 Å². The Morgan fingerprint density at radius 3 is 2.23 bits per heavy atom. The number of anilines is 1. The summed E-state index contributed by atoms with van der Waals surface area (Å²) in [6.07, 6.45) is 0. The third-order valence-electron chi connectivity index (χ3n) is 4.12. The first kappa shape index (κ1) is 22.7. The zero-order chi connectivity index (χ0) is 21.9. The first-order valence-electron chi connectivity index (χ1n) is 9.41. The average molecular weight is 417 g/mol. The van der Waals surface area contributed by atoms with E-state index in [4.69, 9.17) is 9.47 Å². The highest BCUT2D eigenvalue weighted by atomic mass is 19.1. The molecule has 30 heavy (non-hydrogen) atoms. The largest absolute Gasteiger partial charge is 0.479 e. The van der Waals surface area contributed by atoms with Crippen molar-refractivity contribution in [2.24, 2.45) is 0 Å². The van der Waals surface area contributed by atoms with Crippen LogP contribution in [0.5, 0.6) is 5.75 Å². The summed E-state index contributed by atoms with van der Waals surface area (Å²) < 4.78 is 23.1. The molecule has 0 aromatic heterocycles. The number of carbonyl (C=O) groups is 3. The van der Waals surface area contributed by atoms with Gasteiger partial charge in [0.15, 0.2) is 24.8 Å². The van der Waals surface area contributed by atoms with Crippen LogP contribution in [0.1, 0.15) is 24.2 Å². The number of benzene rings is 2. The van der Waals surface area contributed by atoms with Crippen molar-refractivity contribution < 1.29 is 28.2 Å². The highest BCUT2D eigenvalue weighted by Gasteiger charge is 2.12. The molecular weight excluding hydrogens is 393 g/mol. The molecule has 2 aromatic rings. The predicted molar refractivity (Wildman–Crippen MR) is 108 cm³/mol. The molecule has 2 N–H and O–H groups in total. The molecule has 0 radical (unpaired) electrons. The molecule has 2 rings (SSSR count). The number of hydrogen-bond acceptors (Lipinski definition) is 6. The number of hydrazine groups is 1. The summed E-state index contributed by atoms with van der Waals surface area (Å²) in [4.78, 5) is 37.5. The lowest BCUT2D eigenvalue weighted by Crippen LogP contribution is -2.43. The van der Waals surface area contributed by atoms with Crippen LogP contribution in [0.4, 0.5) is 10.1 Å². The lowest BCUT2D eigenvalue weighted by molar-refractivity contribution is -0.150. The smallest absolute Gasteiger partial charge is 0.344 e. The number of rotatable bonds is 9. The van der Waals surface area contributed by atoms with Crippen molar-refractivity contribution in [2.75, 3.05) is 31.2 Å². The van der Waals surface area contributed by atoms with Gasteiger partial charge in [-0.2, -0.15) is 0 Å². The summed E-state index contributed by atoms with van der Waals surface area (Å²) in [6.45, 7) is 4.60. The van der Waals surface area contributed by atoms with Gasteiger partial charge in [-0.15, -0.1) is 0 Å². The first-order valence-corrected chi connectivity index (χ1v) is 9.41. The van der Waals surface area contributed by atoms with Gasteiger partial charge in [0.2, 0.25) is 0 Å². The van der Waals surface area contributed by atoms with E-state index in [-0.39, 0.29) is 5.75 Å². The van der Waals surface area contributed by atoms with Gasteiger partial charge < -0.3 is 14.4 Å². The standard InChI is InChI=1S/C21H24FN3O5/c1-3-25(4-2)16-11-9-15(10-12-16)21(28)24-23-19(26)13-30-20(27)14-29-18-8-6-5-7-17(18)22/h5-12H,3-4,13-14H2,1-2H3,(H,23,26)(H,24,28). The minimum absolute atomic E-state index is 0.0989.